The number of nitrogens with one attached hydrogen (secondary N) is 1. The summed E-state index contributed by atoms with van der Waals surface area (Å²) < 4.78 is 74.1. The summed E-state index contributed by atoms with van der Waals surface area (Å²) in [7, 11) is 4.18. The third kappa shape index (κ3) is 3.46. The van der Waals surface area contributed by atoms with Crippen LogP contribution in [0.2, 0.25) is 0 Å². The zero-order valence-electron chi connectivity index (χ0n) is 21.9. The predicted octanol–water partition coefficient (Wildman–Crippen LogP) is 2.74. The molecule has 0 amide bonds. The van der Waals surface area contributed by atoms with Crippen LogP contribution in [0.15, 0.2) is 24.2 Å². The van der Waals surface area contributed by atoms with Crippen LogP contribution in [0.3, 0.4) is 0 Å². The van der Waals surface area contributed by atoms with Gasteiger partial charge in [0.1, 0.15) is 5.82 Å². The molecular weight excluding hydrogens is 346 g/mol. The fourth-order valence-corrected chi connectivity index (χ4v) is 2.52. The lowest BCUT2D eigenvalue weighted by Gasteiger charge is -2.16. The molecule has 0 aliphatic heterocycles. The molecule has 0 saturated heterocycles. The number of fused-ring (bicyclic) bond motifs is 1. The standard InChI is InChI=1S/C19H23N5O3/c1-10-11(5-6-13-16(10)18(20)24-19(21)23-13)9-22-12-7-14(25-2)17(27-4)15(8-12)26-3/h5-8,22H,9H2,1-4H3,(H4,20,21,23,24)/i1D3,5D,6D,9D2. The molecule has 0 radical (unpaired) electrons. The highest BCUT2D eigenvalue weighted by atomic mass is 16.5. The molecule has 5 N–H and O–H groups in total. The van der Waals surface area contributed by atoms with E-state index >= 15 is 0 Å². The Bertz CT molecular complexity index is 1240. The van der Waals surface area contributed by atoms with Gasteiger partial charge in [0.2, 0.25) is 11.7 Å². The van der Waals surface area contributed by atoms with Crippen molar-refractivity contribution in [2.45, 2.75) is 13.3 Å². The number of aryl methyl sites for hydroxylation is 1. The lowest BCUT2D eigenvalue weighted by Crippen LogP contribution is -2.06. The molecule has 1 heterocycles. The van der Waals surface area contributed by atoms with Crippen LogP contribution in [0.5, 0.6) is 17.2 Å². The van der Waals surface area contributed by atoms with Gasteiger partial charge in [-0.1, -0.05) is 6.04 Å². The van der Waals surface area contributed by atoms with Gasteiger partial charge in [-0.15, -0.1) is 0 Å². The second-order valence-corrected chi connectivity index (χ2v) is 5.35. The second kappa shape index (κ2) is 7.45. The van der Waals surface area contributed by atoms with Crippen LogP contribution < -0.4 is 31.0 Å². The van der Waals surface area contributed by atoms with E-state index in [1.807, 2.05) is 0 Å². The molecule has 1 aromatic heterocycles. The van der Waals surface area contributed by atoms with Crippen LogP contribution in [0.25, 0.3) is 10.9 Å². The summed E-state index contributed by atoms with van der Waals surface area (Å²) in [6, 6.07) is 1.59. The minimum Gasteiger partial charge on any atom is -0.493 e. The Morgan fingerprint density at radius 2 is 1.81 bits per heavy atom. The summed E-state index contributed by atoms with van der Waals surface area (Å²) >= 11 is 0. The molecule has 0 fully saturated rings. The molecule has 0 atom stereocenters. The van der Waals surface area contributed by atoms with Crippen molar-refractivity contribution < 1.29 is 23.8 Å². The van der Waals surface area contributed by atoms with E-state index in [0.29, 0.717) is 0 Å². The highest BCUT2D eigenvalue weighted by Gasteiger charge is 2.14. The van der Waals surface area contributed by atoms with E-state index in [2.05, 4.69) is 15.3 Å². The molecule has 0 aliphatic carbocycles. The van der Waals surface area contributed by atoms with Gasteiger partial charge < -0.3 is 31.0 Å². The third-order valence-electron chi connectivity index (χ3n) is 3.76. The van der Waals surface area contributed by atoms with Crippen LogP contribution in [-0.2, 0) is 6.50 Å². The molecular formula is C19H23N5O3. The van der Waals surface area contributed by atoms with E-state index in [4.69, 9.17) is 35.3 Å². The predicted molar refractivity (Wildman–Crippen MR) is 107 cm³/mol. The van der Waals surface area contributed by atoms with Crippen LogP contribution in [0, 0.1) is 6.85 Å². The molecule has 0 aliphatic rings. The molecule has 3 rings (SSSR count). The normalized spacial score (nSPS) is 15.4. The Morgan fingerprint density at radius 3 is 2.41 bits per heavy atom. The van der Waals surface area contributed by atoms with Gasteiger partial charge >= 0.3 is 0 Å². The molecule has 0 spiro atoms. The highest BCUT2D eigenvalue weighted by molar-refractivity contribution is 5.92. The number of nitrogens with two attached hydrogens (primary N) is 2. The van der Waals surface area contributed by atoms with Gasteiger partial charge in [-0.05, 0) is 24.0 Å². The fraction of sp³-hybridized carbons (Fsp3) is 0.263. The quantitative estimate of drug-likeness (QED) is 0.601. The Kier molecular flexibility index (Phi) is 3.12. The average molecular weight is 376 g/mol. The number of hydrogen-bond acceptors (Lipinski definition) is 8. The average Bonchev–Trinajstić information content (AvgIpc) is 2.74. The van der Waals surface area contributed by atoms with Gasteiger partial charge in [0.05, 0.1) is 32.3 Å². The van der Waals surface area contributed by atoms with Crippen molar-refractivity contribution in [1.82, 2.24) is 9.97 Å². The van der Waals surface area contributed by atoms with E-state index in [1.54, 1.807) is 0 Å². The number of ether oxygens (including phenoxy) is 3. The topological polar surface area (TPSA) is 118 Å². The fourth-order valence-electron chi connectivity index (χ4n) is 2.52. The van der Waals surface area contributed by atoms with E-state index in [0.717, 1.165) is 0 Å². The lowest BCUT2D eigenvalue weighted by molar-refractivity contribution is 0.324. The zero-order chi connectivity index (χ0) is 25.6. The van der Waals surface area contributed by atoms with Gasteiger partial charge in [0.25, 0.3) is 0 Å². The summed E-state index contributed by atoms with van der Waals surface area (Å²) in [5, 5.41) is 2.31. The van der Waals surface area contributed by atoms with Crippen molar-refractivity contribution in [3.05, 3.63) is 35.3 Å². The van der Waals surface area contributed by atoms with Crippen LogP contribution in [-0.4, -0.2) is 31.3 Å². The molecule has 8 heteroatoms. The summed E-state index contributed by atoms with van der Waals surface area (Å²) in [5.41, 5.74) is 10.2. The monoisotopic (exact) mass is 376 g/mol. The largest absolute Gasteiger partial charge is 0.493 e. The van der Waals surface area contributed by atoms with Crippen LogP contribution in [0.1, 0.15) is 20.7 Å². The highest BCUT2D eigenvalue weighted by Crippen LogP contribution is 2.40. The van der Waals surface area contributed by atoms with E-state index in [1.165, 1.54) is 33.5 Å². The summed E-state index contributed by atoms with van der Waals surface area (Å²) in [4.78, 5) is 7.66. The first kappa shape index (κ1) is 11.3. The number of rotatable bonds is 6. The minimum atomic E-state index is -2.94. The van der Waals surface area contributed by atoms with Crippen molar-refractivity contribution in [2.24, 2.45) is 0 Å². The zero-order valence-corrected chi connectivity index (χ0v) is 14.9. The molecule has 3 aromatic rings. The van der Waals surface area contributed by atoms with E-state index in [9.17, 15) is 0 Å². The van der Waals surface area contributed by atoms with Crippen molar-refractivity contribution >= 4 is 28.4 Å². The molecule has 0 saturated carbocycles. The molecule has 27 heavy (non-hydrogen) atoms. The second-order valence-electron chi connectivity index (χ2n) is 5.35. The Hall–Kier alpha value is -3.42. The number of nitrogen functional groups attached to an aromatic ring is 2. The SMILES string of the molecule is [2H]c1c(C([2H])([2H])Nc2cc(OC)c(OC)c(OC)c2)c(C([2H])([2H])[2H])c2c(N)nc(N)nc2c1[2H]. The Labute approximate surface area is 167 Å². The maximum absolute atomic E-state index is 8.69. The smallest absolute Gasteiger partial charge is 0.222 e. The maximum atomic E-state index is 8.69. The van der Waals surface area contributed by atoms with Crippen molar-refractivity contribution in [3.8, 4) is 17.2 Å². The number of aromatic nitrogens is 2. The number of anilines is 3. The maximum Gasteiger partial charge on any atom is 0.222 e. The summed E-state index contributed by atoms with van der Waals surface area (Å²) in [6.45, 7) is -5.61. The number of hydrogen-bond donors (Lipinski definition) is 3. The Balaban J connectivity index is 2.33. The van der Waals surface area contributed by atoms with Gasteiger partial charge in [0, 0.05) is 33.8 Å². The molecule has 0 unspecified atom stereocenters. The van der Waals surface area contributed by atoms with Crippen molar-refractivity contribution in [3.63, 3.8) is 0 Å². The Morgan fingerprint density at radius 1 is 1.11 bits per heavy atom. The van der Waals surface area contributed by atoms with Crippen molar-refractivity contribution in [2.75, 3.05) is 38.1 Å². The third-order valence-corrected chi connectivity index (χ3v) is 3.76. The van der Waals surface area contributed by atoms with Crippen molar-refractivity contribution in [1.29, 1.82) is 0 Å². The number of benzene rings is 2. The van der Waals surface area contributed by atoms with Gasteiger partial charge in [0.15, 0.2) is 11.5 Å². The van der Waals surface area contributed by atoms with Crippen LogP contribution >= 0.6 is 0 Å². The minimum absolute atomic E-state index is 0.128. The van der Waals surface area contributed by atoms with Gasteiger partial charge in [-0.2, -0.15) is 4.98 Å². The first-order chi connectivity index (χ1) is 15.8. The first-order valence-electron chi connectivity index (χ1n) is 11.2. The van der Waals surface area contributed by atoms with Crippen LogP contribution in [0.4, 0.5) is 17.5 Å². The van der Waals surface area contributed by atoms with E-state index < -0.39 is 36.6 Å². The molecule has 2 aromatic carbocycles. The summed E-state index contributed by atoms with van der Waals surface area (Å²) in [6.07, 6.45) is 0. The molecule has 8 nitrogen and oxygen atoms in total. The molecule has 142 valence electrons. The molecule has 0 bridgehead atoms. The van der Waals surface area contributed by atoms with Gasteiger partial charge in [-0.3, -0.25) is 0 Å². The number of nitrogens with zero attached hydrogens (tertiary/aromatic N) is 2. The van der Waals surface area contributed by atoms with Gasteiger partial charge in [-0.25, -0.2) is 4.98 Å². The summed E-state index contributed by atoms with van der Waals surface area (Å²) in [5.74, 6) is 0.0556. The number of methoxy groups -OCH3 is 3. The lowest BCUT2D eigenvalue weighted by atomic mass is 10.0. The first-order valence-corrected chi connectivity index (χ1v) is 7.71. The van der Waals surface area contributed by atoms with E-state index in [-0.39, 0.29) is 45.6 Å².